The normalized spacial score (nSPS) is 12.5. The second-order valence-corrected chi connectivity index (χ2v) is 8.26. The van der Waals surface area contributed by atoms with E-state index < -0.39 is 49.0 Å². The highest BCUT2D eigenvalue weighted by molar-refractivity contribution is 6.12. The molecule has 0 aliphatic carbocycles. The number of nitrogens with zero attached hydrogens (tertiary/aromatic N) is 2. The average molecular weight is 474 g/mol. The molecule has 2 aromatic heterocycles. The van der Waals surface area contributed by atoms with Gasteiger partial charge < -0.3 is 15.2 Å². The summed E-state index contributed by atoms with van der Waals surface area (Å²) >= 11 is 0. The maximum atomic E-state index is 12.8. The van der Waals surface area contributed by atoms with Gasteiger partial charge in [0.1, 0.15) is 12.7 Å². The molecule has 1 amide bonds. The first-order chi connectivity index (χ1) is 16.1. The van der Waals surface area contributed by atoms with Gasteiger partial charge in [-0.3, -0.25) is 19.4 Å². The molecule has 2 atom stereocenters. The van der Waals surface area contributed by atoms with Gasteiger partial charge in [-0.15, -0.1) is 0 Å². The molecule has 0 radical (unpaired) electrons. The summed E-state index contributed by atoms with van der Waals surface area (Å²) < 4.78 is 19.1. The number of hydrogen-bond donors (Lipinski definition) is 2. The zero-order chi connectivity index (χ0) is 25.4. The summed E-state index contributed by atoms with van der Waals surface area (Å²) in [5, 5.41) is 12.5. The van der Waals surface area contributed by atoms with Crippen molar-refractivity contribution in [3.63, 3.8) is 0 Å². The van der Waals surface area contributed by atoms with Crippen molar-refractivity contribution in [2.45, 2.75) is 46.3 Å². The lowest BCUT2D eigenvalue weighted by Crippen LogP contribution is -2.47. The van der Waals surface area contributed by atoms with E-state index in [0.29, 0.717) is 11.0 Å². The molecule has 0 aliphatic heterocycles. The minimum Gasteiger partial charge on any atom is -0.481 e. The molecule has 2 heterocycles. The SMILES string of the molecule is CC(C)C.CC(OC(=O)n1c2ccccc2c2ccncc21)C(=O)NC(CC(=O)O)C(=O)CF. The third-order valence-corrected chi connectivity index (χ3v) is 4.52. The predicted octanol–water partition coefficient (Wildman–Crippen LogP) is 3.72. The Morgan fingerprint density at radius 1 is 1.06 bits per heavy atom. The Labute approximate surface area is 195 Å². The van der Waals surface area contributed by atoms with E-state index in [9.17, 15) is 23.6 Å². The van der Waals surface area contributed by atoms with Gasteiger partial charge in [0.25, 0.3) is 5.91 Å². The number of hydrogen-bond acceptors (Lipinski definition) is 6. The summed E-state index contributed by atoms with van der Waals surface area (Å²) in [4.78, 5) is 51.5. The first-order valence-corrected chi connectivity index (χ1v) is 10.7. The zero-order valence-electron chi connectivity index (χ0n) is 19.4. The number of ketones is 1. The van der Waals surface area contributed by atoms with Crippen LogP contribution >= 0.6 is 0 Å². The largest absolute Gasteiger partial charge is 0.481 e. The van der Waals surface area contributed by atoms with E-state index in [0.717, 1.165) is 16.7 Å². The molecule has 10 heteroatoms. The molecule has 0 fully saturated rings. The second kappa shape index (κ2) is 11.9. The van der Waals surface area contributed by atoms with Crippen LogP contribution in [0.2, 0.25) is 0 Å². The highest BCUT2D eigenvalue weighted by atomic mass is 19.1. The number of Topliss-reactive ketones (excluding diaryl/α,β-unsaturated/α-hetero) is 1. The molecule has 2 unspecified atom stereocenters. The number of pyridine rings is 1. The summed E-state index contributed by atoms with van der Waals surface area (Å²) in [6.07, 6.45) is 0.0700. The molecule has 34 heavy (non-hydrogen) atoms. The molecule has 0 bridgehead atoms. The molecule has 0 spiro atoms. The Morgan fingerprint density at radius 3 is 2.29 bits per heavy atom. The number of nitrogens with one attached hydrogen (secondary N) is 1. The standard InChI is InChI=1S/C20H18FN3O6.C4H10/c1-11(19(28)23-14(8-18(26)27)17(25)9-21)30-20(29)24-15-5-3-2-4-12(15)13-6-7-22-10-16(13)24;1-4(2)3/h2-7,10-11,14H,8-9H2,1H3,(H,23,28)(H,26,27);4H,1-3H3. The molecular formula is C24H28FN3O6. The number of carboxylic acid groups (broad SMARTS) is 1. The maximum Gasteiger partial charge on any atom is 0.419 e. The number of carbonyl (C=O) groups excluding carboxylic acids is 3. The molecular weight excluding hydrogens is 445 g/mol. The van der Waals surface area contributed by atoms with Crippen molar-refractivity contribution in [2.24, 2.45) is 5.92 Å². The average Bonchev–Trinajstić information content (AvgIpc) is 3.12. The maximum absolute atomic E-state index is 12.8. The van der Waals surface area contributed by atoms with Crippen LogP contribution in [0.25, 0.3) is 21.8 Å². The molecule has 0 saturated heterocycles. The van der Waals surface area contributed by atoms with Gasteiger partial charge in [0.05, 0.1) is 23.7 Å². The van der Waals surface area contributed by atoms with Crippen molar-refractivity contribution < 1.29 is 33.4 Å². The van der Waals surface area contributed by atoms with E-state index in [1.165, 1.54) is 17.7 Å². The van der Waals surface area contributed by atoms with Gasteiger partial charge in [0, 0.05) is 17.0 Å². The van der Waals surface area contributed by atoms with Gasteiger partial charge >= 0.3 is 12.1 Å². The number of benzene rings is 1. The van der Waals surface area contributed by atoms with Crippen LogP contribution in [-0.2, 0) is 19.1 Å². The first-order valence-electron chi connectivity index (χ1n) is 10.7. The van der Waals surface area contributed by atoms with Crippen molar-refractivity contribution in [2.75, 3.05) is 6.67 Å². The number of halogens is 1. The molecule has 0 aliphatic rings. The third kappa shape index (κ3) is 6.60. The Balaban J connectivity index is 0.000000945. The highest BCUT2D eigenvalue weighted by Crippen LogP contribution is 2.28. The molecule has 182 valence electrons. The molecule has 3 aromatic rings. The number of aliphatic carboxylic acids is 1. The number of alkyl halides is 1. The van der Waals surface area contributed by atoms with Gasteiger partial charge in [-0.1, -0.05) is 39.0 Å². The summed E-state index contributed by atoms with van der Waals surface area (Å²) in [5.41, 5.74) is 1.03. The predicted molar refractivity (Wildman–Crippen MR) is 124 cm³/mol. The van der Waals surface area contributed by atoms with Crippen LogP contribution in [0.1, 0.15) is 34.1 Å². The van der Waals surface area contributed by atoms with Gasteiger partial charge in [-0.25, -0.2) is 13.8 Å². The molecule has 9 nitrogen and oxygen atoms in total. The minimum absolute atomic E-state index is 0.479. The van der Waals surface area contributed by atoms with E-state index in [1.807, 2.05) is 12.1 Å². The topological polar surface area (TPSA) is 128 Å². The van der Waals surface area contributed by atoms with E-state index >= 15 is 0 Å². The number of carboxylic acids is 1. The molecule has 1 aromatic carbocycles. The Kier molecular flexibility index (Phi) is 9.23. The van der Waals surface area contributed by atoms with Crippen LogP contribution < -0.4 is 5.32 Å². The van der Waals surface area contributed by atoms with Gasteiger partial charge in [0.15, 0.2) is 11.9 Å². The fraction of sp³-hybridized carbons (Fsp3) is 0.375. The fourth-order valence-corrected chi connectivity index (χ4v) is 3.07. The van der Waals surface area contributed by atoms with Crippen LogP contribution in [0.15, 0.2) is 42.7 Å². The monoisotopic (exact) mass is 473 g/mol. The van der Waals surface area contributed by atoms with Gasteiger partial charge in [0.2, 0.25) is 0 Å². The molecule has 3 rings (SSSR count). The number of para-hydroxylation sites is 1. The van der Waals surface area contributed by atoms with Crippen molar-refractivity contribution in [3.05, 3.63) is 42.7 Å². The molecule has 0 saturated carbocycles. The fourth-order valence-electron chi connectivity index (χ4n) is 3.07. The van der Waals surface area contributed by atoms with Crippen LogP contribution in [0.4, 0.5) is 9.18 Å². The van der Waals surface area contributed by atoms with Crippen molar-refractivity contribution in [1.82, 2.24) is 14.9 Å². The lowest BCUT2D eigenvalue weighted by atomic mass is 10.1. The van der Waals surface area contributed by atoms with Crippen LogP contribution in [0.5, 0.6) is 0 Å². The lowest BCUT2D eigenvalue weighted by molar-refractivity contribution is -0.141. The number of carbonyl (C=O) groups is 4. The lowest BCUT2D eigenvalue weighted by Gasteiger charge is -2.18. The van der Waals surface area contributed by atoms with Crippen LogP contribution in [0, 0.1) is 5.92 Å². The van der Waals surface area contributed by atoms with Crippen LogP contribution in [0.3, 0.4) is 0 Å². The highest BCUT2D eigenvalue weighted by Gasteiger charge is 2.28. The quantitative estimate of drug-likeness (QED) is 0.535. The van der Waals surface area contributed by atoms with E-state index in [-0.39, 0.29) is 0 Å². The molecule has 2 N–H and O–H groups in total. The summed E-state index contributed by atoms with van der Waals surface area (Å²) in [7, 11) is 0. The second-order valence-electron chi connectivity index (χ2n) is 8.26. The summed E-state index contributed by atoms with van der Waals surface area (Å²) in [6, 6.07) is 7.29. The van der Waals surface area contributed by atoms with Crippen molar-refractivity contribution >= 4 is 45.6 Å². The number of amides is 1. The minimum atomic E-state index is -1.56. The third-order valence-electron chi connectivity index (χ3n) is 4.52. The van der Waals surface area contributed by atoms with E-state index in [4.69, 9.17) is 9.84 Å². The van der Waals surface area contributed by atoms with Gasteiger partial charge in [-0.2, -0.15) is 0 Å². The Hall–Kier alpha value is -3.82. The van der Waals surface area contributed by atoms with Crippen molar-refractivity contribution in [3.8, 4) is 0 Å². The first kappa shape index (κ1) is 26.4. The Bertz CT molecular complexity index is 1130. The van der Waals surface area contributed by atoms with E-state index in [2.05, 4.69) is 31.1 Å². The number of fused-ring (bicyclic) bond motifs is 3. The zero-order valence-corrected chi connectivity index (χ0v) is 19.4. The Morgan fingerprint density at radius 2 is 1.68 bits per heavy atom. The summed E-state index contributed by atoms with van der Waals surface area (Å²) in [6.45, 7) is 6.33. The smallest absolute Gasteiger partial charge is 0.419 e. The number of ether oxygens (including phenoxy) is 1. The van der Waals surface area contributed by atoms with E-state index in [1.54, 1.807) is 24.4 Å². The number of rotatable bonds is 7. The summed E-state index contributed by atoms with van der Waals surface area (Å²) in [5.74, 6) is -2.56. The van der Waals surface area contributed by atoms with Gasteiger partial charge in [-0.05, 0) is 25.0 Å². The van der Waals surface area contributed by atoms with Crippen LogP contribution in [-0.4, -0.2) is 57.2 Å². The number of aromatic nitrogens is 2. The van der Waals surface area contributed by atoms with Crippen molar-refractivity contribution in [1.29, 1.82) is 0 Å².